The molecule has 2 aliphatic rings. The third-order valence-corrected chi connectivity index (χ3v) is 7.67. The summed E-state index contributed by atoms with van der Waals surface area (Å²) in [7, 11) is 2.00. The van der Waals surface area contributed by atoms with Crippen molar-refractivity contribution >= 4 is 17.4 Å². The maximum Gasteiger partial charge on any atom is 0.191 e. The zero-order valence-electron chi connectivity index (χ0n) is 18.1. The highest BCUT2D eigenvalue weighted by molar-refractivity contribution is 7.99. The number of halogens is 2. The number of benzene rings is 2. The predicted molar refractivity (Wildman–Crippen MR) is 124 cm³/mol. The van der Waals surface area contributed by atoms with E-state index in [0.717, 1.165) is 61.3 Å². The molecule has 5 rings (SSSR count). The Hall–Kier alpha value is -2.45. The van der Waals surface area contributed by atoms with Crippen molar-refractivity contribution in [2.45, 2.75) is 24.0 Å². The van der Waals surface area contributed by atoms with Gasteiger partial charge in [-0.1, -0.05) is 48.2 Å². The Morgan fingerprint density at radius 3 is 2.56 bits per heavy atom. The van der Waals surface area contributed by atoms with Crippen LogP contribution in [-0.4, -0.2) is 57.6 Å². The average molecular weight is 456 g/mol. The van der Waals surface area contributed by atoms with Crippen LogP contribution in [0.4, 0.5) is 14.5 Å². The van der Waals surface area contributed by atoms with Gasteiger partial charge < -0.3 is 14.4 Å². The first-order chi connectivity index (χ1) is 15.6. The smallest absolute Gasteiger partial charge is 0.191 e. The first-order valence-corrected chi connectivity index (χ1v) is 12.1. The number of likely N-dealkylation sites (tertiary alicyclic amines) is 1. The van der Waals surface area contributed by atoms with Gasteiger partial charge in [0.15, 0.2) is 11.0 Å². The summed E-state index contributed by atoms with van der Waals surface area (Å²) in [6.07, 6.45) is 2.02. The zero-order chi connectivity index (χ0) is 22.1. The van der Waals surface area contributed by atoms with E-state index in [1.165, 1.54) is 18.2 Å². The Kier molecular flexibility index (Phi) is 6.15. The second-order valence-corrected chi connectivity index (χ2v) is 9.63. The summed E-state index contributed by atoms with van der Waals surface area (Å²) in [6, 6.07) is 14.4. The molecule has 2 fully saturated rings. The fraction of sp³-hybridized carbons (Fsp3) is 0.417. The number of para-hydroxylation sites is 1. The molecule has 0 bridgehead atoms. The number of nitrogens with zero attached hydrogens (tertiary/aromatic N) is 5. The molecular weight excluding hydrogens is 428 g/mol. The van der Waals surface area contributed by atoms with Crippen molar-refractivity contribution in [2.24, 2.45) is 13.0 Å². The van der Waals surface area contributed by atoms with Gasteiger partial charge in [-0.2, -0.15) is 0 Å². The molecule has 0 amide bonds. The standard InChI is InChI=1S/C24H27F2N5S/c1-29-23(17-7-3-2-4-8-17)27-28-24(29)32-14-6-12-30-15-18-11-13-31(21(18)16-30)22-19(25)9-5-10-20(22)26/h2-5,7-10,18,21H,6,11-16H2,1H3. The number of fused-ring (bicyclic) bond motifs is 1. The molecule has 32 heavy (non-hydrogen) atoms. The lowest BCUT2D eigenvalue weighted by Crippen LogP contribution is -2.36. The number of aromatic nitrogens is 3. The summed E-state index contributed by atoms with van der Waals surface area (Å²) in [5.41, 5.74) is 1.21. The molecule has 3 aromatic rings. The Morgan fingerprint density at radius 1 is 1.00 bits per heavy atom. The maximum absolute atomic E-state index is 14.3. The predicted octanol–water partition coefficient (Wildman–Crippen LogP) is 4.45. The van der Waals surface area contributed by atoms with Crippen LogP contribution in [0, 0.1) is 17.6 Å². The number of rotatable bonds is 7. The summed E-state index contributed by atoms with van der Waals surface area (Å²) >= 11 is 1.72. The monoisotopic (exact) mass is 455 g/mol. The van der Waals surface area contributed by atoms with Gasteiger partial charge in [-0.3, -0.25) is 0 Å². The van der Waals surface area contributed by atoms with Crippen molar-refractivity contribution in [3.05, 3.63) is 60.2 Å². The first kappa shape index (κ1) is 21.4. The van der Waals surface area contributed by atoms with Crippen molar-refractivity contribution in [1.29, 1.82) is 0 Å². The van der Waals surface area contributed by atoms with Crippen molar-refractivity contribution in [3.8, 4) is 11.4 Å². The van der Waals surface area contributed by atoms with Crippen LogP contribution >= 0.6 is 11.8 Å². The molecular formula is C24H27F2N5S. The van der Waals surface area contributed by atoms with Gasteiger partial charge >= 0.3 is 0 Å². The molecule has 0 spiro atoms. The van der Waals surface area contributed by atoms with Crippen molar-refractivity contribution < 1.29 is 8.78 Å². The maximum atomic E-state index is 14.3. The molecule has 2 aliphatic heterocycles. The Labute approximate surface area is 191 Å². The fourth-order valence-electron chi connectivity index (χ4n) is 5.00. The molecule has 2 aromatic carbocycles. The van der Waals surface area contributed by atoms with E-state index in [4.69, 9.17) is 0 Å². The first-order valence-electron chi connectivity index (χ1n) is 11.1. The molecule has 0 saturated carbocycles. The molecule has 1 aromatic heterocycles. The van der Waals surface area contributed by atoms with Crippen molar-refractivity contribution in [3.63, 3.8) is 0 Å². The van der Waals surface area contributed by atoms with Gasteiger partial charge in [-0.05, 0) is 37.4 Å². The Morgan fingerprint density at radius 2 is 1.78 bits per heavy atom. The van der Waals surface area contributed by atoms with Crippen molar-refractivity contribution in [1.82, 2.24) is 19.7 Å². The van der Waals surface area contributed by atoms with E-state index >= 15 is 0 Å². The van der Waals surface area contributed by atoms with E-state index in [1.807, 2.05) is 46.8 Å². The van der Waals surface area contributed by atoms with Crippen LogP contribution < -0.4 is 4.90 Å². The quantitative estimate of drug-likeness (QED) is 0.389. The van der Waals surface area contributed by atoms with Gasteiger partial charge in [0.25, 0.3) is 0 Å². The number of hydrogen-bond donors (Lipinski definition) is 0. The van der Waals surface area contributed by atoms with E-state index in [1.54, 1.807) is 11.8 Å². The second-order valence-electron chi connectivity index (χ2n) is 8.57. The van der Waals surface area contributed by atoms with E-state index < -0.39 is 11.6 Å². The normalized spacial score (nSPS) is 20.8. The van der Waals surface area contributed by atoms with Gasteiger partial charge in [0.2, 0.25) is 0 Å². The number of thioether (sulfide) groups is 1. The average Bonchev–Trinajstić information content (AvgIpc) is 3.47. The van der Waals surface area contributed by atoms with Crippen molar-refractivity contribution in [2.75, 3.05) is 36.8 Å². The largest absolute Gasteiger partial charge is 0.362 e. The van der Waals surface area contributed by atoms with Crippen LogP contribution in [0.1, 0.15) is 12.8 Å². The highest BCUT2D eigenvalue weighted by Gasteiger charge is 2.42. The van der Waals surface area contributed by atoms with Crippen LogP contribution in [0.2, 0.25) is 0 Å². The number of anilines is 1. The third kappa shape index (κ3) is 4.13. The summed E-state index contributed by atoms with van der Waals surface area (Å²) in [6.45, 7) is 3.58. The van der Waals surface area contributed by atoms with E-state index in [0.29, 0.717) is 5.92 Å². The summed E-state index contributed by atoms with van der Waals surface area (Å²) < 4.78 is 30.6. The molecule has 3 heterocycles. The SMILES string of the molecule is Cn1c(SCCCN2CC3CCN(c4c(F)cccc4F)C3C2)nnc1-c1ccccc1. The molecule has 0 radical (unpaired) electrons. The third-order valence-electron chi connectivity index (χ3n) is 6.56. The van der Waals surface area contributed by atoms with Gasteiger partial charge in [0.1, 0.15) is 17.3 Å². The lowest BCUT2D eigenvalue weighted by atomic mass is 10.0. The summed E-state index contributed by atoms with van der Waals surface area (Å²) in [5.74, 6) is 1.39. The van der Waals surface area contributed by atoms with E-state index in [-0.39, 0.29) is 11.7 Å². The van der Waals surface area contributed by atoms with Crippen LogP contribution in [-0.2, 0) is 7.05 Å². The summed E-state index contributed by atoms with van der Waals surface area (Å²) in [4.78, 5) is 4.39. The van der Waals surface area contributed by atoms with Crippen LogP contribution in [0.15, 0.2) is 53.7 Å². The highest BCUT2D eigenvalue weighted by Crippen LogP contribution is 2.37. The van der Waals surface area contributed by atoms with Gasteiger partial charge in [0.05, 0.1) is 0 Å². The van der Waals surface area contributed by atoms with E-state index in [9.17, 15) is 8.78 Å². The molecule has 5 nitrogen and oxygen atoms in total. The van der Waals surface area contributed by atoms with E-state index in [2.05, 4.69) is 15.1 Å². The Bertz CT molecular complexity index is 1050. The lowest BCUT2D eigenvalue weighted by Gasteiger charge is -2.27. The molecule has 0 N–H and O–H groups in total. The van der Waals surface area contributed by atoms with Gasteiger partial charge in [0, 0.05) is 44.0 Å². The van der Waals surface area contributed by atoms with Gasteiger partial charge in [-0.15, -0.1) is 10.2 Å². The Balaban J connectivity index is 1.13. The number of hydrogen-bond acceptors (Lipinski definition) is 5. The zero-order valence-corrected chi connectivity index (χ0v) is 18.9. The van der Waals surface area contributed by atoms with Crippen LogP contribution in [0.3, 0.4) is 0 Å². The molecule has 0 aliphatic carbocycles. The minimum Gasteiger partial charge on any atom is -0.362 e. The topological polar surface area (TPSA) is 37.2 Å². The molecule has 2 atom stereocenters. The molecule has 168 valence electrons. The highest BCUT2D eigenvalue weighted by atomic mass is 32.2. The molecule has 8 heteroatoms. The second kappa shape index (κ2) is 9.19. The van der Waals surface area contributed by atoms with Crippen LogP contribution in [0.5, 0.6) is 0 Å². The minimum absolute atomic E-state index is 0.147. The van der Waals surface area contributed by atoms with Gasteiger partial charge in [-0.25, -0.2) is 8.78 Å². The van der Waals surface area contributed by atoms with Crippen LogP contribution in [0.25, 0.3) is 11.4 Å². The molecule has 2 saturated heterocycles. The lowest BCUT2D eigenvalue weighted by molar-refractivity contribution is 0.318. The minimum atomic E-state index is -0.459. The molecule has 2 unspecified atom stereocenters. The fourth-order valence-corrected chi connectivity index (χ4v) is 5.84. The summed E-state index contributed by atoms with van der Waals surface area (Å²) in [5, 5.41) is 9.62.